The molecule has 0 aliphatic rings. The van der Waals surface area contributed by atoms with Gasteiger partial charge in [0, 0.05) is 24.7 Å². The molecule has 0 aliphatic carbocycles. The number of ether oxygens (including phenoxy) is 1. The first-order valence-electron chi connectivity index (χ1n) is 7.16. The van der Waals surface area contributed by atoms with Crippen LogP contribution in [0.3, 0.4) is 0 Å². The number of carbonyl (C=O) groups excluding carboxylic acids is 1. The first-order valence-corrected chi connectivity index (χ1v) is 7.54. The van der Waals surface area contributed by atoms with E-state index in [9.17, 15) is 4.79 Å². The van der Waals surface area contributed by atoms with Crippen molar-refractivity contribution in [3.05, 3.63) is 29.2 Å². The van der Waals surface area contributed by atoms with Crippen LogP contribution in [0.5, 0.6) is 0 Å². The van der Waals surface area contributed by atoms with Crippen molar-refractivity contribution in [2.24, 2.45) is 0 Å². The average Bonchev–Trinajstić information content (AvgIpc) is 2.86. The molecule has 0 bridgehead atoms. The van der Waals surface area contributed by atoms with Gasteiger partial charge in [-0.2, -0.15) is 0 Å². The van der Waals surface area contributed by atoms with Crippen LogP contribution in [0.15, 0.2) is 18.5 Å². The van der Waals surface area contributed by atoms with E-state index in [1.54, 1.807) is 6.20 Å². The zero-order valence-corrected chi connectivity index (χ0v) is 12.9. The van der Waals surface area contributed by atoms with Crippen LogP contribution in [-0.4, -0.2) is 35.6 Å². The summed E-state index contributed by atoms with van der Waals surface area (Å²) in [5.41, 5.74) is 2.06. The normalized spacial score (nSPS) is 11.0. The molecule has 21 heavy (non-hydrogen) atoms. The Morgan fingerprint density at radius 1 is 1.52 bits per heavy atom. The number of aromatic nitrogens is 2. The highest BCUT2D eigenvalue weighted by Gasteiger charge is 2.06. The number of fused-ring (bicyclic) bond motifs is 1. The second-order valence-electron chi connectivity index (χ2n) is 4.87. The largest absolute Gasteiger partial charge is 0.372 e. The van der Waals surface area contributed by atoms with E-state index in [0.29, 0.717) is 18.3 Å². The summed E-state index contributed by atoms with van der Waals surface area (Å²) in [6.07, 6.45) is 6.42. The molecule has 6 heteroatoms. The summed E-state index contributed by atoms with van der Waals surface area (Å²) in [5, 5.41) is 4.36. The van der Waals surface area contributed by atoms with Gasteiger partial charge in [0.15, 0.2) is 0 Å². The number of pyridine rings is 1. The molecule has 0 saturated carbocycles. The van der Waals surface area contributed by atoms with Crippen molar-refractivity contribution in [2.75, 3.05) is 19.8 Å². The number of nitrogens with zero attached hydrogens (tertiary/aromatic N) is 1. The Morgan fingerprint density at radius 3 is 3.19 bits per heavy atom. The summed E-state index contributed by atoms with van der Waals surface area (Å²) < 4.78 is 5.27. The third-order valence-electron chi connectivity index (χ3n) is 3.21. The summed E-state index contributed by atoms with van der Waals surface area (Å²) in [6.45, 7) is 3.43. The van der Waals surface area contributed by atoms with Crippen LogP contribution in [0.2, 0.25) is 5.15 Å². The van der Waals surface area contributed by atoms with Crippen molar-refractivity contribution >= 4 is 28.4 Å². The molecular weight excluding hydrogens is 290 g/mol. The van der Waals surface area contributed by atoms with Gasteiger partial charge in [-0.25, -0.2) is 4.98 Å². The minimum atomic E-state index is -0.0781. The van der Waals surface area contributed by atoms with Gasteiger partial charge in [0.25, 0.3) is 0 Å². The van der Waals surface area contributed by atoms with Gasteiger partial charge >= 0.3 is 0 Å². The predicted octanol–water partition coefficient (Wildman–Crippen LogP) is 2.69. The van der Waals surface area contributed by atoms with E-state index in [0.717, 1.165) is 35.7 Å². The first kappa shape index (κ1) is 15.8. The Balaban J connectivity index is 1.77. The second kappa shape index (κ2) is 8.00. The number of unbranched alkanes of at least 4 members (excludes halogenated alkanes) is 1. The maximum Gasteiger partial charge on any atom is 0.246 e. The van der Waals surface area contributed by atoms with Crippen molar-refractivity contribution in [3.8, 4) is 0 Å². The quantitative estimate of drug-likeness (QED) is 0.582. The molecule has 2 heterocycles. The molecule has 2 aromatic heterocycles. The highest BCUT2D eigenvalue weighted by molar-refractivity contribution is 6.30. The molecule has 0 spiro atoms. The molecule has 5 nitrogen and oxygen atoms in total. The van der Waals surface area contributed by atoms with E-state index >= 15 is 0 Å². The van der Waals surface area contributed by atoms with Crippen molar-refractivity contribution in [1.29, 1.82) is 0 Å². The van der Waals surface area contributed by atoms with E-state index in [-0.39, 0.29) is 12.5 Å². The van der Waals surface area contributed by atoms with E-state index in [2.05, 4.69) is 22.2 Å². The van der Waals surface area contributed by atoms with Crippen LogP contribution in [0.4, 0.5) is 0 Å². The number of aromatic amines is 1. The Bertz CT molecular complexity index is 598. The lowest BCUT2D eigenvalue weighted by Crippen LogP contribution is -2.29. The van der Waals surface area contributed by atoms with Crippen molar-refractivity contribution in [2.45, 2.75) is 26.2 Å². The molecule has 0 saturated heterocycles. The fourth-order valence-electron chi connectivity index (χ4n) is 2.06. The third kappa shape index (κ3) is 4.72. The van der Waals surface area contributed by atoms with Crippen LogP contribution in [0, 0.1) is 0 Å². The number of carbonyl (C=O) groups is 1. The molecular formula is C15H20ClN3O2. The SMILES string of the molecule is CCCCOCC(=O)NCCc1c[nH]c2cnc(Cl)cc12. The van der Waals surface area contributed by atoms with E-state index < -0.39 is 0 Å². The van der Waals surface area contributed by atoms with Crippen LogP contribution in [0.1, 0.15) is 25.3 Å². The molecule has 0 aromatic carbocycles. The van der Waals surface area contributed by atoms with Gasteiger partial charge in [-0.05, 0) is 24.5 Å². The van der Waals surface area contributed by atoms with Crippen LogP contribution >= 0.6 is 11.6 Å². The van der Waals surface area contributed by atoms with Crippen molar-refractivity contribution in [1.82, 2.24) is 15.3 Å². The van der Waals surface area contributed by atoms with Crippen LogP contribution < -0.4 is 5.32 Å². The summed E-state index contributed by atoms with van der Waals surface area (Å²) in [7, 11) is 0. The molecule has 0 aliphatic heterocycles. The average molecular weight is 310 g/mol. The summed E-state index contributed by atoms with van der Waals surface area (Å²) >= 11 is 5.90. The lowest BCUT2D eigenvalue weighted by atomic mass is 10.1. The number of rotatable bonds is 8. The summed E-state index contributed by atoms with van der Waals surface area (Å²) in [6, 6.07) is 1.83. The first-order chi connectivity index (χ1) is 10.2. The van der Waals surface area contributed by atoms with Gasteiger partial charge in [0.05, 0.1) is 11.7 Å². The number of H-pyrrole nitrogens is 1. The monoisotopic (exact) mass is 309 g/mol. The smallest absolute Gasteiger partial charge is 0.246 e. The molecule has 2 N–H and O–H groups in total. The number of halogens is 1. The number of nitrogens with one attached hydrogen (secondary N) is 2. The zero-order chi connectivity index (χ0) is 15.1. The van der Waals surface area contributed by atoms with Gasteiger partial charge < -0.3 is 15.0 Å². The fourth-order valence-corrected chi connectivity index (χ4v) is 2.22. The molecule has 114 valence electrons. The fraction of sp³-hybridized carbons (Fsp3) is 0.467. The van der Waals surface area contributed by atoms with Gasteiger partial charge in [0.2, 0.25) is 5.91 Å². The van der Waals surface area contributed by atoms with Gasteiger partial charge in [-0.3, -0.25) is 4.79 Å². The molecule has 0 unspecified atom stereocenters. The number of hydrogen-bond donors (Lipinski definition) is 2. The topological polar surface area (TPSA) is 67.0 Å². The molecule has 0 fully saturated rings. The summed E-state index contributed by atoms with van der Waals surface area (Å²) in [5.74, 6) is -0.0781. The Hall–Kier alpha value is -1.59. The number of amides is 1. The van der Waals surface area contributed by atoms with Gasteiger partial charge in [-0.15, -0.1) is 0 Å². The predicted molar refractivity (Wildman–Crippen MR) is 83.5 cm³/mol. The minimum Gasteiger partial charge on any atom is -0.372 e. The lowest BCUT2D eigenvalue weighted by molar-refractivity contribution is -0.125. The molecule has 2 aromatic rings. The van der Waals surface area contributed by atoms with Crippen molar-refractivity contribution < 1.29 is 9.53 Å². The third-order valence-corrected chi connectivity index (χ3v) is 3.42. The maximum absolute atomic E-state index is 11.6. The maximum atomic E-state index is 11.6. The van der Waals surface area contributed by atoms with Crippen molar-refractivity contribution in [3.63, 3.8) is 0 Å². The molecule has 1 amide bonds. The molecule has 2 rings (SSSR count). The highest BCUT2D eigenvalue weighted by atomic mass is 35.5. The van der Waals surface area contributed by atoms with Crippen LogP contribution in [-0.2, 0) is 16.0 Å². The van der Waals surface area contributed by atoms with E-state index in [1.165, 1.54) is 0 Å². The highest BCUT2D eigenvalue weighted by Crippen LogP contribution is 2.20. The standard InChI is InChI=1S/C15H20ClN3O2/c1-2-3-6-21-10-15(20)17-5-4-11-8-18-13-9-19-14(16)7-12(11)13/h7-9,18H,2-6,10H2,1H3,(H,17,20). The van der Waals surface area contributed by atoms with Gasteiger partial charge in [-0.1, -0.05) is 24.9 Å². The Kier molecular flexibility index (Phi) is 6.02. The van der Waals surface area contributed by atoms with E-state index in [1.807, 2.05) is 12.3 Å². The zero-order valence-electron chi connectivity index (χ0n) is 12.1. The Labute approximate surface area is 129 Å². The molecule has 0 radical (unpaired) electrons. The second-order valence-corrected chi connectivity index (χ2v) is 5.26. The lowest BCUT2D eigenvalue weighted by Gasteiger charge is -2.05. The Morgan fingerprint density at radius 2 is 2.38 bits per heavy atom. The van der Waals surface area contributed by atoms with E-state index in [4.69, 9.17) is 16.3 Å². The van der Waals surface area contributed by atoms with Crippen LogP contribution in [0.25, 0.3) is 10.9 Å². The minimum absolute atomic E-state index is 0.0781. The number of hydrogen-bond acceptors (Lipinski definition) is 3. The summed E-state index contributed by atoms with van der Waals surface area (Å²) in [4.78, 5) is 18.7. The van der Waals surface area contributed by atoms with Gasteiger partial charge in [0.1, 0.15) is 11.8 Å². The molecule has 0 atom stereocenters.